The van der Waals surface area contributed by atoms with Gasteiger partial charge in [0.15, 0.2) is 9.84 Å². The van der Waals surface area contributed by atoms with Crippen LogP contribution in [0.15, 0.2) is 72.1 Å². The third kappa shape index (κ3) is 5.49. The molecule has 0 saturated carbocycles. The molecule has 0 radical (unpaired) electrons. The van der Waals surface area contributed by atoms with E-state index in [9.17, 15) is 13.2 Å². The molecule has 1 aromatic heterocycles. The van der Waals surface area contributed by atoms with Gasteiger partial charge in [0.25, 0.3) is 5.91 Å². The topological polar surface area (TPSA) is 103 Å². The molecule has 1 atom stereocenters. The third-order valence-corrected chi connectivity index (χ3v) is 6.07. The molecule has 1 N–H and O–H groups in total. The van der Waals surface area contributed by atoms with Gasteiger partial charge in [0.05, 0.1) is 29.8 Å². The molecule has 1 unspecified atom stereocenters. The summed E-state index contributed by atoms with van der Waals surface area (Å²) < 4.78 is 30.9. The summed E-state index contributed by atoms with van der Waals surface area (Å²) in [4.78, 5) is 16.9. The standard InChI is InChI=1S/C20H22N4O4S/c1-28-11-12-29(26,27)18-9-7-17(8-10-18)20(25)23-19(13-24-15-21-14-22-24)16-5-3-2-4-6-16/h2-10,14-15,19H,11-13H2,1H3,(H,23,25). The van der Waals surface area contributed by atoms with Crippen molar-refractivity contribution in [1.29, 1.82) is 0 Å². The number of nitrogens with zero attached hydrogens (tertiary/aromatic N) is 3. The van der Waals surface area contributed by atoms with E-state index in [1.165, 1.54) is 37.7 Å². The number of amides is 1. The second-order valence-electron chi connectivity index (χ2n) is 6.39. The Hall–Kier alpha value is -3.04. The summed E-state index contributed by atoms with van der Waals surface area (Å²) in [5, 5.41) is 7.09. The van der Waals surface area contributed by atoms with E-state index in [-0.39, 0.29) is 29.2 Å². The number of nitrogens with one attached hydrogen (secondary N) is 1. The Labute approximate surface area is 169 Å². The monoisotopic (exact) mass is 414 g/mol. The van der Waals surface area contributed by atoms with Gasteiger partial charge in [-0.05, 0) is 29.8 Å². The highest BCUT2D eigenvalue weighted by molar-refractivity contribution is 7.91. The second kappa shape index (κ2) is 9.44. The number of aromatic nitrogens is 3. The first-order chi connectivity index (χ1) is 14.0. The summed E-state index contributed by atoms with van der Waals surface area (Å²) in [6.45, 7) is 0.533. The molecule has 29 heavy (non-hydrogen) atoms. The van der Waals surface area contributed by atoms with Gasteiger partial charge in [-0.3, -0.25) is 9.48 Å². The van der Waals surface area contributed by atoms with E-state index in [0.29, 0.717) is 12.1 Å². The van der Waals surface area contributed by atoms with Crippen molar-refractivity contribution < 1.29 is 17.9 Å². The van der Waals surface area contributed by atoms with Crippen LogP contribution in [0.4, 0.5) is 0 Å². The highest BCUT2D eigenvalue weighted by atomic mass is 32.2. The van der Waals surface area contributed by atoms with Crippen molar-refractivity contribution in [3.63, 3.8) is 0 Å². The Morgan fingerprint density at radius 2 is 1.86 bits per heavy atom. The van der Waals surface area contributed by atoms with Gasteiger partial charge < -0.3 is 10.1 Å². The third-order valence-electron chi connectivity index (χ3n) is 4.38. The van der Waals surface area contributed by atoms with Gasteiger partial charge >= 0.3 is 0 Å². The predicted molar refractivity (Wildman–Crippen MR) is 107 cm³/mol. The number of benzene rings is 2. The van der Waals surface area contributed by atoms with E-state index in [2.05, 4.69) is 15.4 Å². The molecule has 1 heterocycles. The van der Waals surface area contributed by atoms with Crippen LogP contribution < -0.4 is 5.32 Å². The minimum absolute atomic E-state index is 0.108. The van der Waals surface area contributed by atoms with E-state index in [4.69, 9.17) is 4.74 Å². The average molecular weight is 414 g/mol. The molecule has 8 nitrogen and oxygen atoms in total. The van der Waals surface area contributed by atoms with E-state index in [0.717, 1.165) is 5.56 Å². The zero-order chi connectivity index (χ0) is 20.7. The molecule has 2 aromatic carbocycles. The molecule has 0 bridgehead atoms. The van der Waals surface area contributed by atoms with Crippen LogP contribution in [0.25, 0.3) is 0 Å². The lowest BCUT2D eigenvalue weighted by molar-refractivity contribution is 0.0931. The summed E-state index contributed by atoms with van der Waals surface area (Å²) in [6.07, 6.45) is 3.02. The van der Waals surface area contributed by atoms with Crippen LogP contribution in [0.1, 0.15) is 22.0 Å². The van der Waals surface area contributed by atoms with E-state index >= 15 is 0 Å². The average Bonchev–Trinajstić information content (AvgIpc) is 3.26. The van der Waals surface area contributed by atoms with Gasteiger partial charge in [0.1, 0.15) is 12.7 Å². The zero-order valence-electron chi connectivity index (χ0n) is 15.9. The summed E-state index contributed by atoms with van der Waals surface area (Å²) >= 11 is 0. The molecule has 3 aromatic rings. The van der Waals surface area contributed by atoms with Crippen LogP contribution in [-0.4, -0.2) is 48.6 Å². The van der Waals surface area contributed by atoms with Crippen LogP contribution >= 0.6 is 0 Å². The first kappa shape index (κ1) is 20.7. The maximum absolute atomic E-state index is 12.8. The van der Waals surface area contributed by atoms with Crippen LogP contribution in [0.2, 0.25) is 0 Å². The van der Waals surface area contributed by atoms with Crippen molar-refractivity contribution in [3.05, 3.63) is 78.4 Å². The number of carbonyl (C=O) groups excluding carboxylic acids is 1. The molecule has 152 valence electrons. The van der Waals surface area contributed by atoms with Crippen molar-refractivity contribution in [3.8, 4) is 0 Å². The van der Waals surface area contributed by atoms with Crippen molar-refractivity contribution >= 4 is 15.7 Å². The molecular weight excluding hydrogens is 392 g/mol. The second-order valence-corrected chi connectivity index (χ2v) is 8.50. The van der Waals surface area contributed by atoms with E-state index in [1.54, 1.807) is 11.0 Å². The molecule has 3 rings (SSSR count). The fraction of sp³-hybridized carbons (Fsp3) is 0.250. The number of hydrogen-bond donors (Lipinski definition) is 1. The molecule has 1 amide bonds. The molecule has 0 fully saturated rings. The summed E-state index contributed by atoms with van der Waals surface area (Å²) in [5.74, 6) is -0.414. The number of rotatable bonds is 9. The molecular formula is C20H22N4O4S. The summed E-state index contributed by atoms with van der Waals surface area (Å²) in [7, 11) is -1.99. The Morgan fingerprint density at radius 3 is 2.48 bits per heavy atom. The number of methoxy groups -OCH3 is 1. The fourth-order valence-corrected chi connectivity index (χ4v) is 3.97. The number of sulfone groups is 1. The van der Waals surface area contributed by atoms with Gasteiger partial charge in [-0.25, -0.2) is 13.4 Å². The van der Waals surface area contributed by atoms with Crippen molar-refractivity contribution in [1.82, 2.24) is 20.1 Å². The quantitative estimate of drug-likeness (QED) is 0.573. The predicted octanol–water partition coefficient (Wildman–Crippen LogP) is 1.87. The maximum atomic E-state index is 12.8. The Morgan fingerprint density at radius 1 is 1.14 bits per heavy atom. The smallest absolute Gasteiger partial charge is 0.251 e. The SMILES string of the molecule is COCCS(=O)(=O)c1ccc(C(=O)NC(Cn2cncn2)c2ccccc2)cc1. The number of carbonyl (C=O) groups is 1. The normalized spacial score (nSPS) is 12.4. The summed E-state index contributed by atoms with van der Waals surface area (Å²) in [5.41, 5.74) is 1.30. The highest BCUT2D eigenvalue weighted by Gasteiger charge is 2.18. The van der Waals surface area contributed by atoms with Gasteiger partial charge in [0.2, 0.25) is 0 Å². The lowest BCUT2D eigenvalue weighted by Crippen LogP contribution is -2.31. The first-order valence-electron chi connectivity index (χ1n) is 8.99. The number of hydrogen-bond acceptors (Lipinski definition) is 6. The van der Waals surface area contributed by atoms with Crippen molar-refractivity contribution in [2.45, 2.75) is 17.5 Å². The molecule has 0 aliphatic carbocycles. The van der Waals surface area contributed by atoms with Crippen LogP contribution in [0, 0.1) is 0 Å². The van der Waals surface area contributed by atoms with Gasteiger partial charge in [-0.2, -0.15) is 5.10 Å². The van der Waals surface area contributed by atoms with Gasteiger partial charge in [-0.1, -0.05) is 30.3 Å². The summed E-state index contributed by atoms with van der Waals surface area (Å²) in [6, 6.07) is 15.1. The number of ether oxygens (including phenoxy) is 1. The van der Waals surface area contributed by atoms with Gasteiger partial charge in [0, 0.05) is 12.7 Å². The first-order valence-corrected chi connectivity index (χ1v) is 10.6. The maximum Gasteiger partial charge on any atom is 0.251 e. The molecule has 0 aliphatic heterocycles. The Kier molecular flexibility index (Phi) is 6.73. The van der Waals surface area contributed by atoms with Crippen LogP contribution in [-0.2, 0) is 21.1 Å². The fourth-order valence-electron chi connectivity index (χ4n) is 2.80. The largest absolute Gasteiger partial charge is 0.384 e. The lowest BCUT2D eigenvalue weighted by atomic mass is 10.1. The minimum atomic E-state index is -3.44. The van der Waals surface area contributed by atoms with Crippen LogP contribution in [0.3, 0.4) is 0 Å². The van der Waals surface area contributed by atoms with E-state index < -0.39 is 9.84 Å². The minimum Gasteiger partial charge on any atom is -0.384 e. The Balaban J connectivity index is 1.75. The zero-order valence-corrected chi connectivity index (χ0v) is 16.7. The van der Waals surface area contributed by atoms with E-state index in [1.807, 2.05) is 30.3 Å². The van der Waals surface area contributed by atoms with Crippen molar-refractivity contribution in [2.75, 3.05) is 19.5 Å². The molecule has 0 saturated heterocycles. The van der Waals surface area contributed by atoms with Crippen LogP contribution in [0.5, 0.6) is 0 Å². The van der Waals surface area contributed by atoms with Crippen molar-refractivity contribution in [2.24, 2.45) is 0 Å². The van der Waals surface area contributed by atoms with Gasteiger partial charge in [-0.15, -0.1) is 0 Å². The molecule has 0 aliphatic rings. The molecule has 9 heteroatoms. The Bertz CT molecular complexity index is 1020. The molecule has 0 spiro atoms. The highest BCUT2D eigenvalue weighted by Crippen LogP contribution is 2.17. The lowest BCUT2D eigenvalue weighted by Gasteiger charge is -2.19.